The van der Waals surface area contributed by atoms with Crippen molar-refractivity contribution in [2.24, 2.45) is 7.05 Å². The number of hydrogen-bond donors (Lipinski definition) is 3. The fourth-order valence-corrected chi connectivity index (χ4v) is 4.09. The predicted molar refractivity (Wildman–Crippen MR) is 93.5 cm³/mol. The maximum atomic E-state index is 12.4. The number of aromatic nitrogens is 4. The summed E-state index contributed by atoms with van der Waals surface area (Å²) in [5, 5.41) is 10.5. The van der Waals surface area contributed by atoms with E-state index in [0.29, 0.717) is 16.9 Å². The summed E-state index contributed by atoms with van der Waals surface area (Å²) in [6, 6.07) is 3.69. The molecule has 4 heterocycles. The molecule has 126 valence electrons. The maximum Gasteiger partial charge on any atom is 0.337 e. The lowest BCUT2D eigenvalue weighted by atomic mass is 10.1. The Labute approximate surface area is 143 Å². The molecule has 0 unspecified atom stereocenters. The number of aromatic carboxylic acids is 1. The van der Waals surface area contributed by atoms with Gasteiger partial charge in [0.05, 0.1) is 10.9 Å². The minimum atomic E-state index is -1.19. The average molecular weight is 356 g/mol. The van der Waals surface area contributed by atoms with Gasteiger partial charge in [0.2, 0.25) is 0 Å². The molecule has 8 nitrogen and oxygen atoms in total. The van der Waals surface area contributed by atoms with Crippen LogP contribution < -0.4 is 11.2 Å². The summed E-state index contributed by atoms with van der Waals surface area (Å²) >= 11 is 1.11. The van der Waals surface area contributed by atoms with Gasteiger partial charge in [0.25, 0.3) is 5.56 Å². The van der Waals surface area contributed by atoms with Crippen molar-refractivity contribution in [2.75, 3.05) is 0 Å². The lowest BCUT2D eigenvalue weighted by Crippen LogP contribution is -2.32. The monoisotopic (exact) mass is 356 g/mol. The molecule has 9 heteroatoms. The van der Waals surface area contributed by atoms with Gasteiger partial charge in [-0.25, -0.2) is 14.6 Å². The van der Waals surface area contributed by atoms with Gasteiger partial charge in [0.15, 0.2) is 0 Å². The Hall–Kier alpha value is -3.20. The second kappa shape index (κ2) is 5.42. The number of nitrogens with zero attached hydrogens (tertiary/aromatic N) is 2. The van der Waals surface area contributed by atoms with E-state index in [9.17, 15) is 19.5 Å². The molecule has 0 bridgehead atoms. The topological polar surface area (TPSA) is 121 Å². The zero-order valence-corrected chi connectivity index (χ0v) is 13.8. The Balaban J connectivity index is 1.97. The van der Waals surface area contributed by atoms with Crippen LogP contribution >= 0.6 is 11.3 Å². The van der Waals surface area contributed by atoms with Gasteiger partial charge in [-0.3, -0.25) is 14.3 Å². The number of carboxylic acids is 1. The lowest BCUT2D eigenvalue weighted by molar-refractivity contribution is 0.0698. The number of rotatable bonds is 3. The number of aromatic amines is 2. The van der Waals surface area contributed by atoms with Gasteiger partial charge in [-0.15, -0.1) is 11.3 Å². The first kappa shape index (κ1) is 15.3. The Bertz CT molecular complexity index is 1260. The number of H-pyrrole nitrogens is 2. The van der Waals surface area contributed by atoms with Gasteiger partial charge in [-0.2, -0.15) is 0 Å². The van der Waals surface area contributed by atoms with Gasteiger partial charge in [0, 0.05) is 36.1 Å². The van der Waals surface area contributed by atoms with Gasteiger partial charge in [0.1, 0.15) is 10.5 Å². The van der Waals surface area contributed by atoms with Crippen molar-refractivity contribution in [3.63, 3.8) is 0 Å². The molecule has 0 aliphatic rings. The highest BCUT2D eigenvalue weighted by Crippen LogP contribution is 2.31. The highest BCUT2D eigenvalue weighted by atomic mass is 32.1. The third kappa shape index (κ3) is 2.28. The SMILES string of the molecule is Cn1c(=O)[nH]c2sc(Cc3c[nH]c4ncccc34)c(C(=O)O)c2c1=O. The third-order valence-corrected chi connectivity index (χ3v) is 5.23. The van der Waals surface area contributed by atoms with E-state index in [1.54, 1.807) is 18.5 Å². The largest absolute Gasteiger partial charge is 0.478 e. The number of nitrogens with one attached hydrogen (secondary N) is 2. The molecule has 0 radical (unpaired) electrons. The molecule has 0 amide bonds. The summed E-state index contributed by atoms with van der Waals surface area (Å²) in [5.41, 5.74) is 0.337. The highest BCUT2D eigenvalue weighted by Gasteiger charge is 2.23. The molecule has 0 saturated heterocycles. The summed E-state index contributed by atoms with van der Waals surface area (Å²) in [4.78, 5) is 46.6. The Morgan fingerprint density at radius 3 is 2.96 bits per heavy atom. The van der Waals surface area contributed by atoms with Gasteiger partial charge in [-0.05, 0) is 17.7 Å². The number of fused-ring (bicyclic) bond motifs is 2. The van der Waals surface area contributed by atoms with E-state index >= 15 is 0 Å². The fourth-order valence-electron chi connectivity index (χ4n) is 2.89. The number of carbonyl (C=O) groups is 1. The van der Waals surface area contributed by atoms with Gasteiger partial charge in [-0.1, -0.05) is 0 Å². The Morgan fingerprint density at radius 2 is 2.20 bits per heavy atom. The van der Waals surface area contributed by atoms with Gasteiger partial charge >= 0.3 is 11.7 Å². The summed E-state index contributed by atoms with van der Waals surface area (Å²) in [6.07, 6.45) is 3.76. The van der Waals surface area contributed by atoms with E-state index in [4.69, 9.17) is 0 Å². The van der Waals surface area contributed by atoms with Crippen molar-refractivity contribution >= 4 is 38.6 Å². The summed E-state index contributed by atoms with van der Waals surface area (Å²) < 4.78 is 0.876. The van der Waals surface area contributed by atoms with Crippen LogP contribution in [0.5, 0.6) is 0 Å². The molecule has 4 aromatic rings. The first-order valence-corrected chi connectivity index (χ1v) is 8.18. The average Bonchev–Trinajstić information content (AvgIpc) is 3.15. The van der Waals surface area contributed by atoms with Crippen LogP contribution in [-0.4, -0.2) is 30.6 Å². The zero-order valence-electron chi connectivity index (χ0n) is 13.0. The molecule has 25 heavy (non-hydrogen) atoms. The second-order valence-corrected chi connectivity index (χ2v) is 6.70. The second-order valence-electron chi connectivity index (χ2n) is 5.59. The number of thiophene rings is 1. The number of pyridine rings is 1. The molecule has 3 N–H and O–H groups in total. The molecule has 0 spiro atoms. The third-order valence-electron chi connectivity index (χ3n) is 4.13. The molecule has 0 fully saturated rings. The lowest BCUT2D eigenvalue weighted by Gasteiger charge is -2.00. The molecule has 0 aliphatic carbocycles. The van der Waals surface area contributed by atoms with E-state index in [1.165, 1.54) is 7.05 Å². The van der Waals surface area contributed by atoms with E-state index < -0.39 is 17.2 Å². The smallest absolute Gasteiger partial charge is 0.337 e. The van der Waals surface area contributed by atoms with Gasteiger partial charge < -0.3 is 10.1 Å². The van der Waals surface area contributed by atoms with E-state index in [0.717, 1.165) is 26.9 Å². The minimum Gasteiger partial charge on any atom is -0.478 e. The molecule has 0 atom stereocenters. The maximum absolute atomic E-state index is 12.4. The Morgan fingerprint density at radius 1 is 1.40 bits per heavy atom. The van der Waals surface area contributed by atoms with Crippen molar-refractivity contribution < 1.29 is 9.90 Å². The van der Waals surface area contributed by atoms with Crippen LogP contribution in [0.2, 0.25) is 0 Å². The summed E-state index contributed by atoms with van der Waals surface area (Å²) in [5.74, 6) is -1.19. The van der Waals surface area contributed by atoms with Crippen molar-refractivity contribution in [1.29, 1.82) is 0 Å². The van der Waals surface area contributed by atoms with Crippen LogP contribution in [0.3, 0.4) is 0 Å². The number of carboxylic acid groups (broad SMARTS) is 1. The molecular weight excluding hydrogens is 344 g/mol. The molecule has 0 saturated carbocycles. The molecule has 4 rings (SSSR count). The highest BCUT2D eigenvalue weighted by molar-refractivity contribution is 7.19. The summed E-state index contributed by atoms with van der Waals surface area (Å²) in [7, 11) is 1.31. The van der Waals surface area contributed by atoms with Crippen LogP contribution in [-0.2, 0) is 13.5 Å². The fraction of sp³-hybridized carbons (Fsp3) is 0.125. The standard InChI is InChI=1S/C16H12N4O4S/c1-20-14(21)11-10(15(22)23)9(25-13(11)19-16(20)24)5-7-6-18-12-8(7)3-2-4-17-12/h2-4,6H,5H2,1H3,(H,17,18)(H,19,24)(H,22,23). The van der Waals surface area contributed by atoms with E-state index in [-0.39, 0.29) is 15.8 Å². The van der Waals surface area contributed by atoms with E-state index in [2.05, 4.69) is 15.0 Å². The predicted octanol–water partition coefficient (Wildman–Crippen LogP) is 1.45. The Kier molecular flexibility index (Phi) is 3.32. The van der Waals surface area contributed by atoms with Crippen molar-refractivity contribution in [2.45, 2.75) is 6.42 Å². The van der Waals surface area contributed by atoms with Crippen LogP contribution in [0, 0.1) is 0 Å². The van der Waals surface area contributed by atoms with Crippen molar-refractivity contribution in [3.05, 3.63) is 61.4 Å². The number of hydrogen-bond acceptors (Lipinski definition) is 5. The van der Waals surface area contributed by atoms with Crippen LogP contribution in [0.4, 0.5) is 0 Å². The first-order valence-electron chi connectivity index (χ1n) is 7.36. The van der Waals surface area contributed by atoms with Crippen LogP contribution in [0.25, 0.3) is 21.3 Å². The van der Waals surface area contributed by atoms with Crippen LogP contribution in [0.1, 0.15) is 20.8 Å². The normalized spacial score (nSPS) is 11.4. The van der Waals surface area contributed by atoms with Crippen molar-refractivity contribution in [3.8, 4) is 0 Å². The van der Waals surface area contributed by atoms with E-state index in [1.807, 2.05) is 6.07 Å². The van der Waals surface area contributed by atoms with Crippen molar-refractivity contribution in [1.82, 2.24) is 19.5 Å². The molecular formula is C16H12N4O4S. The molecule has 0 aromatic carbocycles. The molecule has 0 aliphatic heterocycles. The molecule has 4 aromatic heterocycles. The summed E-state index contributed by atoms with van der Waals surface area (Å²) in [6.45, 7) is 0. The quantitative estimate of drug-likeness (QED) is 0.513. The van der Waals surface area contributed by atoms with Crippen LogP contribution in [0.15, 0.2) is 34.1 Å². The minimum absolute atomic E-state index is 0.0348. The first-order chi connectivity index (χ1) is 12.0. The zero-order chi connectivity index (χ0) is 17.7.